The van der Waals surface area contributed by atoms with Crippen LogP contribution in [0.4, 0.5) is 11.4 Å². The lowest BCUT2D eigenvalue weighted by Crippen LogP contribution is -2.37. The van der Waals surface area contributed by atoms with E-state index in [1.165, 1.54) is 6.07 Å². The molecule has 1 aliphatic heterocycles. The Kier molecular flexibility index (Phi) is 2.89. The molecule has 5 nitrogen and oxygen atoms in total. The van der Waals surface area contributed by atoms with E-state index in [0.717, 1.165) is 31.4 Å². The zero-order valence-electron chi connectivity index (χ0n) is 10.5. The Morgan fingerprint density at radius 1 is 1.21 bits per heavy atom. The van der Waals surface area contributed by atoms with Crippen LogP contribution in [0.2, 0.25) is 0 Å². The second-order valence-corrected chi connectivity index (χ2v) is 5.20. The first kappa shape index (κ1) is 12.0. The molecule has 5 heteroatoms. The monoisotopic (exact) mass is 260 g/mol. The molecule has 1 heterocycles. The van der Waals surface area contributed by atoms with Gasteiger partial charge in [-0.1, -0.05) is 12.8 Å². The number of anilines is 2. The zero-order chi connectivity index (χ0) is 13.4. The molecule has 0 radical (unpaired) electrons. The van der Waals surface area contributed by atoms with E-state index in [9.17, 15) is 9.59 Å². The van der Waals surface area contributed by atoms with Crippen molar-refractivity contribution in [1.82, 2.24) is 0 Å². The van der Waals surface area contributed by atoms with Gasteiger partial charge < -0.3 is 15.7 Å². The topological polar surface area (TPSA) is 78.4 Å². The number of benzene rings is 1. The predicted molar refractivity (Wildman–Crippen MR) is 71.4 cm³/mol. The Morgan fingerprint density at radius 3 is 2.79 bits per heavy atom. The van der Waals surface area contributed by atoms with Gasteiger partial charge in [0.05, 0.1) is 22.9 Å². The van der Waals surface area contributed by atoms with Gasteiger partial charge in [-0.3, -0.25) is 4.79 Å². The van der Waals surface area contributed by atoms with Crippen molar-refractivity contribution in [3.63, 3.8) is 0 Å². The maximum atomic E-state index is 12.2. The first-order chi connectivity index (χ1) is 9.15. The van der Waals surface area contributed by atoms with Crippen LogP contribution in [0, 0.1) is 5.92 Å². The first-order valence-corrected chi connectivity index (χ1v) is 6.60. The van der Waals surface area contributed by atoms with E-state index in [4.69, 9.17) is 5.11 Å². The van der Waals surface area contributed by atoms with Crippen LogP contribution in [-0.2, 0) is 4.79 Å². The molecule has 0 spiro atoms. The zero-order valence-corrected chi connectivity index (χ0v) is 10.5. The largest absolute Gasteiger partial charge is 0.478 e. The number of carboxylic acid groups (broad SMARTS) is 1. The summed E-state index contributed by atoms with van der Waals surface area (Å²) in [5.41, 5.74) is 1.57. The number of carbonyl (C=O) groups excluding carboxylic acids is 1. The fourth-order valence-electron chi connectivity index (χ4n) is 2.95. The van der Waals surface area contributed by atoms with E-state index in [1.54, 1.807) is 12.1 Å². The molecule has 100 valence electrons. The highest BCUT2D eigenvalue weighted by molar-refractivity contribution is 6.00. The molecule has 1 amide bonds. The van der Waals surface area contributed by atoms with E-state index in [1.807, 2.05) is 0 Å². The standard InChI is InChI=1S/C14H16N2O3/c17-13-9-3-1-2-4-10(9)15-11-6-5-8(14(18)19)7-12(11)16-13/h5-7,9-10,15H,1-4H2,(H,16,17)(H,18,19). The minimum atomic E-state index is -0.987. The van der Waals surface area contributed by atoms with E-state index in [2.05, 4.69) is 10.6 Å². The smallest absolute Gasteiger partial charge is 0.335 e. The minimum absolute atomic E-state index is 0.00140. The summed E-state index contributed by atoms with van der Waals surface area (Å²) in [5, 5.41) is 15.2. The van der Waals surface area contributed by atoms with Gasteiger partial charge in [0.25, 0.3) is 0 Å². The molecule has 3 rings (SSSR count). The quantitative estimate of drug-likeness (QED) is 0.724. The Labute approximate surface area is 111 Å². The lowest BCUT2D eigenvalue weighted by atomic mass is 9.84. The number of rotatable bonds is 1. The van der Waals surface area contributed by atoms with Gasteiger partial charge >= 0.3 is 5.97 Å². The number of carbonyl (C=O) groups is 2. The van der Waals surface area contributed by atoms with Crippen molar-refractivity contribution in [2.45, 2.75) is 31.7 Å². The van der Waals surface area contributed by atoms with Crippen LogP contribution in [0.3, 0.4) is 0 Å². The van der Waals surface area contributed by atoms with Crippen LogP contribution in [0.25, 0.3) is 0 Å². The van der Waals surface area contributed by atoms with Gasteiger partial charge in [-0.05, 0) is 31.0 Å². The van der Waals surface area contributed by atoms with Gasteiger partial charge in [0, 0.05) is 6.04 Å². The van der Waals surface area contributed by atoms with Crippen molar-refractivity contribution in [3.8, 4) is 0 Å². The van der Waals surface area contributed by atoms with E-state index in [0.29, 0.717) is 5.69 Å². The van der Waals surface area contributed by atoms with E-state index in [-0.39, 0.29) is 23.4 Å². The van der Waals surface area contributed by atoms with Gasteiger partial charge in [-0.15, -0.1) is 0 Å². The number of fused-ring (bicyclic) bond motifs is 2. The van der Waals surface area contributed by atoms with Gasteiger partial charge in [0.15, 0.2) is 0 Å². The van der Waals surface area contributed by atoms with Gasteiger partial charge in [-0.25, -0.2) is 4.79 Å². The van der Waals surface area contributed by atoms with Crippen molar-refractivity contribution in [3.05, 3.63) is 23.8 Å². The molecule has 1 fully saturated rings. The SMILES string of the molecule is O=C(O)c1ccc2c(c1)NC(=O)C1CCCCC1N2. The molecule has 2 aliphatic rings. The Balaban J connectivity index is 1.97. The summed E-state index contributed by atoms with van der Waals surface area (Å²) in [7, 11) is 0. The predicted octanol–water partition coefficient (Wildman–Crippen LogP) is 2.31. The summed E-state index contributed by atoms with van der Waals surface area (Å²) >= 11 is 0. The van der Waals surface area contributed by atoms with Crippen molar-refractivity contribution in [2.24, 2.45) is 5.92 Å². The highest BCUT2D eigenvalue weighted by atomic mass is 16.4. The third-order valence-corrected chi connectivity index (χ3v) is 3.97. The molecule has 1 aliphatic carbocycles. The fourth-order valence-corrected chi connectivity index (χ4v) is 2.95. The number of carboxylic acids is 1. The molecular formula is C14H16N2O3. The summed E-state index contributed by atoms with van der Waals surface area (Å²) < 4.78 is 0. The minimum Gasteiger partial charge on any atom is -0.478 e. The summed E-state index contributed by atoms with van der Waals surface area (Å²) in [5.74, 6) is -1.01. The molecule has 19 heavy (non-hydrogen) atoms. The molecule has 1 aromatic carbocycles. The molecule has 2 unspecified atom stereocenters. The maximum Gasteiger partial charge on any atom is 0.335 e. The summed E-state index contributed by atoms with van der Waals surface area (Å²) in [4.78, 5) is 23.2. The molecular weight excluding hydrogens is 244 g/mol. The maximum absolute atomic E-state index is 12.2. The summed E-state index contributed by atoms with van der Waals surface area (Å²) in [6, 6.07) is 4.96. The molecule has 1 aromatic rings. The summed E-state index contributed by atoms with van der Waals surface area (Å²) in [6.45, 7) is 0. The molecule has 0 aromatic heterocycles. The van der Waals surface area contributed by atoms with Crippen LogP contribution >= 0.6 is 0 Å². The highest BCUT2D eigenvalue weighted by Gasteiger charge is 2.34. The van der Waals surface area contributed by atoms with Crippen molar-refractivity contribution in [1.29, 1.82) is 0 Å². The lowest BCUT2D eigenvalue weighted by Gasteiger charge is -2.29. The molecule has 2 atom stereocenters. The van der Waals surface area contributed by atoms with Gasteiger partial charge in [0.2, 0.25) is 5.91 Å². The van der Waals surface area contributed by atoms with Crippen molar-refractivity contribution >= 4 is 23.3 Å². The third-order valence-electron chi connectivity index (χ3n) is 3.97. The average Bonchev–Trinajstić information content (AvgIpc) is 2.54. The van der Waals surface area contributed by atoms with Crippen LogP contribution in [0.15, 0.2) is 18.2 Å². The fraction of sp³-hybridized carbons (Fsp3) is 0.429. The van der Waals surface area contributed by atoms with Crippen LogP contribution in [-0.4, -0.2) is 23.0 Å². The average molecular weight is 260 g/mol. The van der Waals surface area contributed by atoms with Crippen molar-refractivity contribution in [2.75, 3.05) is 10.6 Å². The summed E-state index contributed by atoms with van der Waals surface area (Å²) in [6.07, 6.45) is 4.08. The number of aromatic carboxylic acids is 1. The second-order valence-electron chi connectivity index (χ2n) is 5.20. The van der Waals surface area contributed by atoms with Crippen LogP contribution in [0.5, 0.6) is 0 Å². The van der Waals surface area contributed by atoms with E-state index < -0.39 is 5.97 Å². The molecule has 3 N–H and O–H groups in total. The Bertz CT molecular complexity index is 541. The first-order valence-electron chi connectivity index (χ1n) is 6.60. The second kappa shape index (κ2) is 4.57. The lowest BCUT2D eigenvalue weighted by molar-refractivity contribution is -0.120. The molecule has 0 bridgehead atoms. The number of nitrogens with one attached hydrogen (secondary N) is 2. The van der Waals surface area contributed by atoms with E-state index >= 15 is 0 Å². The Morgan fingerprint density at radius 2 is 2.00 bits per heavy atom. The molecule has 0 saturated heterocycles. The Hall–Kier alpha value is -2.04. The van der Waals surface area contributed by atoms with Crippen LogP contribution in [0.1, 0.15) is 36.0 Å². The number of hydrogen-bond acceptors (Lipinski definition) is 3. The normalized spacial score (nSPS) is 25.4. The van der Waals surface area contributed by atoms with Crippen LogP contribution < -0.4 is 10.6 Å². The van der Waals surface area contributed by atoms with Gasteiger partial charge in [0.1, 0.15) is 0 Å². The third kappa shape index (κ3) is 2.16. The molecule has 1 saturated carbocycles. The highest BCUT2D eigenvalue weighted by Crippen LogP contribution is 2.34. The number of hydrogen-bond donors (Lipinski definition) is 3. The van der Waals surface area contributed by atoms with Gasteiger partial charge in [-0.2, -0.15) is 0 Å². The number of amides is 1. The van der Waals surface area contributed by atoms with Crippen molar-refractivity contribution < 1.29 is 14.7 Å².